The summed E-state index contributed by atoms with van der Waals surface area (Å²) in [5.41, 5.74) is 1.41. The predicted molar refractivity (Wildman–Crippen MR) is 87.1 cm³/mol. The van der Waals surface area contributed by atoms with Crippen LogP contribution in [0.1, 0.15) is 24.1 Å². The fourth-order valence-electron chi connectivity index (χ4n) is 2.91. The van der Waals surface area contributed by atoms with Crippen LogP contribution in [-0.4, -0.2) is 27.9 Å². The first-order valence-corrected chi connectivity index (χ1v) is 7.81. The van der Waals surface area contributed by atoms with Crippen LogP contribution < -0.4 is 10.5 Å². The maximum atomic E-state index is 11.8. The Kier molecular flexibility index (Phi) is 4.38. The molecule has 0 aromatic carbocycles. The molecule has 0 unspecified atom stereocenters. The molecule has 0 spiro atoms. The molecule has 0 saturated carbocycles. The van der Waals surface area contributed by atoms with Crippen LogP contribution >= 0.6 is 0 Å². The Morgan fingerprint density at radius 1 is 1.26 bits per heavy atom. The second kappa shape index (κ2) is 6.61. The first-order valence-electron chi connectivity index (χ1n) is 7.81. The Morgan fingerprint density at radius 3 is 2.70 bits per heavy atom. The summed E-state index contributed by atoms with van der Waals surface area (Å²) in [5.74, 6) is 1.37. The molecule has 0 bridgehead atoms. The lowest BCUT2D eigenvalue weighted by Crippen LogP contribution is -2.37. The molecule has 0 amide bonds. The topological polar surface area (TPSA) is 74.8 Å². The summed E-state index contributed by atoms with van der Waals surface area (Å²) < 4.78 is 1.58. The van der Waals surface area contributed by atoms with E-state index in [0.717, 1.165) is 37.4 Å². The summed E-state index contributed by atoms with van der Waals surface area (Å²) >= 11 is 0. The summed E-state index contributed by atoms with van der Waals surface area (Å²) in [7, 11) is 0. The van der Waals surface area contributed by atoms with Gasteiger partial charge in [0.2, 0.25) is 0 Å². The Hall–Kier alpha value is -2.68. The molecule has 2 aromatic rings. The maximum Gasteiger partial charge on any atom is 0.266 e. The average Bonchev–Trinajstić information content (AvgIpc) is 2.59. The number of piperidine rings is 1. The quantitative estimate of drug-likeness (QED) is 0.863. The predicted octanol–water partition coefficient (Wildman–Crippen LogP) is 1.73. The van der Waals surface area contributed by atoms with Crippen molar-refractivity contribution in [1.82, 2.24) is 14.8 Å². The van der Waals surface area contributed by atoms with Gasteiger partial charge in [-0.25, -0.2) is 9.67 Å². The average molecular weight is 309 g/mol. The minimum Gasteiger partial charge on any atom is -0.357 e. The normalized spacial score (nSPS) is 15.4. The number of aromatic nitrogens is 3. The number of nitriles is 1. The van der Waals surface area contributed by atoms with E-state index < -0.39 is 0 Å². The molecule has 23 heavy (non-hydrogen) atoms. The zero-order valence-electron chi connectivity index (χ0n) is 13.1. The highest BCUT2D eigenvalue weighted by Gasteiger charge is 2.21. The second-order valence-electron chi connectivity index (χ2n) is 5.94. The van der Waals surface area contributed by atoms with Crippen molar-refractivity contribution in [3.63, 3.8) is 0 Å². The molecule has 0 N–H and O–H groups in total. The van der Waals surface area contributed by atoms with Crippen molar-refractivity contribution in [2.24, 2.45) is 5.92 Å². The van der Waals surface area contributed by atoms with E-state index in [1.165, 1.54) is 0 Å². The van der Waals surface area contributed by atoms with Gasteiger partial charge in [-0.1, -0.05) is 0 Å². The van der Waals surface area contributed by atoms with Gasteiger partial charge < -0.3 is 4.90 Å². The first-order chi connectivity index (χ1) is 11.2. The van der Waals surface area contributed by atoms with Crippen LogP contribution in [0.5, 0.6) is 0 Å². The van der Waals surface area contributed by atoms with Gasteiger partial charge in [0.1, 0.15) is 11.9 Å². The molecular formula is C17H19N5O. The minimum absolute atomic E-state index is 0.0354. The van der Waals surface area contributed by atoms with E-state index in [-0.39, 0.29) is 5.56 Å². The molecule has 2 aromatic heterocycles. The number of hydrogen-bond acceptors (Lipinski definition) is 5. The van der Waals surface area contributed by atoms with Crippen LogP contribution in [0.25, 0.3) is 0 Å². The Balaban J connectivity index is 1.61. The zero-order valence-corrected chi connectivity index (χ0v) is 13.1. The summed E-state index contributed by atoms with van der Waals surface area (Å²) in [4.78, 5) is 18.4. The van der Waals surface area contributed by atoms with Gasteiger partial charge in [0, 0.05) is 31.9 Å². The van der Waals surface area contributed by atoms with Crippen molar-refractivity contribution in [2.75, 3.05) is 18.0 Å². The van der Waals surface area contributed by atoms with Crippen molar-refractivity contribution in [3.05, 3.63) is 52.1 Å². The molecule has 0 radical (unpaired) electrons. The molecule has 6 nitrogen and oxygen atoms in total. The van der Waals surface area contributed by atoms with E-state index in [2.05, 4.69) is 21.1 Å². The molecule has 3 rings (SSSR count). The van der Waals surface area contributed by atoms with E-state index in [1.54, 1.807) is 29.1 Å². The lowest BCUT2D eigenvalue weighted by atomic mass is 9.97. The number of hydrogen-bond donors (Lipinski definition) is 0. The van der Waals surface area contributed by atoms with Crippen molar-refractivity contribution in [1.29, 1.82) is 5.26 Å². The van der Waals surface area contributed by atoms with Gasteiger partial charge in [-0.05, 0) is 43.9 Å². The standard InChI is InChI=1S/C17H19N5O/c1-13-2-5-17(23)22(20-13)12-14-6-8-21(9-7-14)16-4-3-15(10-18)11-19-16/h2-5,11,14H,6-9,12H2,1H3. The van der Waals surface area contributed by atoms with Gasteiger partial charge in [0.15, 0.2) is 0 Å². The van der Waals surface area contributed by atoms with Crippen LogP contribution in [-0.2, 0) is 6.54 Å². The van der Waals surface area contributed by atoms with Crippen molar-refractivity contribution in [2.45, 2.75) is 26.3 Å². The van der Waals surface area contributed by atoms with Gasteiger partial charge in [0.05, 0.1) is 11.3 Å². The SMILES string of the molecule is Cc1ccc(=O)n(CC2CCN(c3ccc(C#N)cn3)CC2)n1. The number of rotatable bonds is 3. The summed E-state index contributed by atoms with van der Waals surface area (Å²) in [6.07, 6.45) is 3.62. The smallest absolute Gasteiger partial charge is 0.266 e. The Labute approximate surface area is 135 Å². The zero-order chi connectivity index (χ0) is 16.2. The Morgan fingerprint density at radius 2 is 2.04 bits per heavy atom. The number of aryl methyl sites for hydroxylation is 1. The first kappa shape index (κ1) is 15.2. The second-order valence-corrected chi connectivity index (χ2v) is 5.94. The van der Waals surface area contributed by atoms with Crippen molar-refractivity contribution < 1.29 is 0 Å². The molecule has 1 saturated heterocycles. The van der Waals surface area contributed by atoms with Gasteiger partial charge in [-0.3, -0.25) is 4.79 Å². The Bertz CT molecular complexity index is 767. The fraction of sp³-hybridized carbons (Fsp3) is 0.412. The molecule has 3 heterocycles. The van der Waals surface area contributed by atoms with E-state index in [4.69, 9.17) is 5.26 Å². The molecule has 118 valence electrons. The monoisotopic (exact) mass is 309 g/mol. The van der Waals surface area contributed by atoms with Gasteiger partial charge >= 0.3 is 0 Å². The van der Waals surface area contributed by atoms with Crippen LogP contribution in [0.4, 0.5) is 5.82 Å². The third-order valence-electron chi connectivity index (χ3n) is 4.25. The minimum atomic E-state index is -0.0354. The van der Waals surface area contributed by atoms with E-state index in [0.29, 0.717) is 18.0 Å². The lowest BCUT2D eigenvalue weighted by Gasteiger charge is -2.32. The van der Waals surface area contributed by atoms with E-state index in [9.17, 15) is 4.79 Å². The highest BCUT2D eigenvalue weighted by atomic mass is 16.1. The van der Waals surface area contributed by atoms with E-state index in [1.807, 2.05) is 13.0 Å². The molecule has 1 aliphatic heterocycles. The molecule has 1 fully saturated rings. The number of anilines is 1. The molecule has 0 aliphatic carbocycles. The van der Waals surface area contributed by atoms with Crippen LogP contribution in [0.3, 0.4) is 0 Å². The number of nitrogens with zero attached hydrogens (tertiary/aromatic N) is 5. The number of pyridine rings is 1. The van der Waals surface area contributed by atoms with Crippen LogP contribution in [0.2, 0.25) is 0 Å². The lowest BCUT2D eigenvalue weighted by molar-refractivity contribution is 0.333. The van der Waals surface area contributed by atoms with Gasteiger partial charge in [0.25, 0.3) is 5.56 Å². The molecule has 1 aliphatic rings. The van der Waals surface area contributed by atoms with Crippen molar-refractivity contribution >= 4 is 5.82 Å². The van der Waals surface area contributed by atoms with E-state index >= 15 is 0 Å². The summed E-state index contributed by atoms with van der Waals surface area (Å²) in [6, 6.07) is 9.10. The highest BCUT2D eigenvalue weighted by Crippen LogP contribution is 2.22. The van der Waals surface area contributed by atoms with Crippen LogP contribution in [0, 0.1) is 24.2 Å². The van der Waals surface area contributed by atoms with Gasteiger partial charge in [-0.2, -0.15) is 10.4 Å². The van der Waals surface area contributed by atoms with Crippen molar-refractivity contribution in [3.8, 4) is 6.07 Å². The highest BCUT2D eigenvalue weighted by molar-refractivity contribution is 5.42. The fourth-order valence-corrected chi connectivity index (χ4v) is 2.91. The van der Waals surface area contributed by atoms with Crippen LogP contribution in [0.15, 0.2) is 35.3 Å². The maximum absolute atomic E-state index is 11.8. The van der Waals surface area contributed by atoms with Gasteiger partial charge in [-0.15, -0.1) is 0 Å². The molecule has 0 atom stereocenters. The molecule has 6 heteroatoms. The third kappa shape index (κ3) is 3.57. The largest absolute Gasteiger partial charge is 0.357 e. The summed E-state index contributed by atoms with van der Waals surface area (Å²) in [6.45, 7) is 4.39. The third-order valence-corrected chi connectivity index (χ3v) is 4.25. The molecular weight excluding hydrogens is 290 g/mol. The summed E-state index contributed by atoms with van der Waals surface area (Å²) in [5, 5.41) is 13.1.